The molecule has 0 radical (unpaired) electrons. The van der Waals surface area contributed by atoms with E-state index < -0.39 is 5.97 Å². The quantitative estimate of drug-likeness (QED) is 0.629. The van der Waals surface area contributed by atoms with Crippen molar-refractivity contribution < 1.29 is 9.90 Å². The zero-order valence-electron chi connectivity index (χ0n) is 12.4. The van der Waals surface area contributed by atoms with Crippen molar-refractivity contribution >= 4 is 5.97 Å². The summed E-state index contributed by atoms with van der Waals surface area (Å²) in [7, 11) is 0. The molecule has 0 spiro atoms. The number of hydrogen-bond donors (Lipinski definition) is 2. The third kappa shape index (κ3) is 4.96. The fraction of sp³-hybridized carbons (Fsp3) is 0.800. The van der Waals surface area contributed by atoms with Crippen LogP contribution in [0, 0.1) is 5.92 Å². The molecule has 0 bridgehead atoms. The summed E-state index contributed by atoms with van der Waals surface area (Å²) in [5.41, 5.74) is 0. The molecule has 4 heteroatoms. The number of carboxylic acid groups (broad SMARTS) is 1. The number of rotatable bonds is 9. The van der Waals surface area contributed by atoms with Crippen molar-refractivity contribution in [2.45, 2.75) is 58.2 Å². The Balaban J connectivity index is 2.28. The SMILES string of the molecule is C=CCC(C)C(C)NC1CC(N(CC)CC(=O)O)C1. The molecule has 1 saturated carbocycles. The van der Waals surface area contributed by atoms with Gasteiger partial charge in [-0.25, -0.2) is 0 Å². The number of allylic oxidation sites excluding steroid dienone is 1. The van der Waals surface area contributed by atoms with E-state index >= 15 is 0 Å². The molecule has 0 heterocycles. The molecule has 0 aromatic carbocycles. The van der Waals surface area contributed by atoms with Gasteiger partial charge in [-0.15, -0.1) is 6.58 Å². The van der Waals surface area contributed by atoms with Crippen LogP contribution in [0.4, 0.5) is 0 Å². The highest BCUT2D eigenvalue weighted by molar-refractivity contribution is 5.69. The fourth-order valence-corrected chi connectivity index (χ4v) is 2.70. The van der Waals surface area contributed by atoms with Crippen LogP contribution in [0.5, 0.6) is 0 Å². The molecule has 0 aromatic heterocycles. The van der Waals surface area contributed by atoms with Crippen LogP contribution >= 0.6 is 0 Å². The maximum atomic E-state index is 10.8. The van der Waals surface area contributed by atoms with Gasteiger partial charge in [-0.2, -0.15) is 0 Å². The maximum Gasteiger partial charge on any atom is 0.317 e. The lowest BCUT2D eigenvalue weighted by Gasteiger charge is -2.44. The van der Waals surface area contributed by atoms with Crippen LogP contribution in [0.2, 0.25) is 0 Å². The molecule has 2 unspecified atom stereocenters. The Hall–Kier alpha value is -0.870. The van der Waals surface area contributed by atoms with E-state index in [9.17, 15) is 4.79 Å². The molecule has 1 fully saturated rings. The number of likely N-dealkylation sites (N-methyl/N-ethyl adjacent to an activating group) is 1. The number of hydrogen-bond acceptors (Lipinski definition) is 3. The lowest BCUT2D eigenvalue weighted by Crippen LogP contribution is -2.56. The van der Waals surface area contributed by atoms with E-state index in [1.54, 1.807) is 0 Å². The first-order valence-corrected chi connectivity index (χ1v) is 7.30. The van der Waals surface area contributed by atoms with Crippen molar-refractivity contribution in [2.75, 3.05) is 13.1 Å². The molecule has 0 aliphatic heterocycles. The Morgan fingerprint density at radius 1 is 1.53 bits per heavy atom. The van der Waals surface area contributed by atoms with Crippen LogP contribution in [0.3, 0.4) is 0 Å². The third-order valence-corrected chi connectivity index (χ3v) is 4.26. The van der Waals surface area contributed by atoms with Crippen LogP contribution in [-0.2, 0) is 4.79 Å². The van der Waals surface area contributed by atoms with Crippen molar-refractivity contribution in [1.82, 2.24) is 10.2 Å². The van der Waals surface area contributed by atoms with Gasteiger partial charge in [0.25, 0.3) is 0 Å². The zero-order chi connectivity index (χ0) is 14.4. The minimum absolute atomic E-state index is 0.163. The molecular formula is C15H28N2O2. The van der Waals surface area contributed by atoms with Crippen molar-refractivity contribution in [3.63, 3.8) is 0 Å². The molecule has 1 rings (SSSR count). The number of aliphatic carboxylic acids is 1. The van der Waals surface area contributed by atoms with Gasteiger partial charge in [0.2, 0.25) is 0 Å². The lowest BCUT2D eigenvalue weighted by atomic mass is 9.84. The molecule has 2 N–H and O–H groups in total. The van der Waals surface area contributed by atoms with E-state index in [0.29, 0.717) is 24.0 Å². The first kappa shape index (κ1) is 16.2. The minimum Gasteiger partial charge on any atom is -0.480 e. The van der Waals surface area contributed by atoms with E-state index in [1.165, 1.54) is 0 Å². The number of carbonyl (C=O) groups is 1. The number of nitrogens with one attached hydrogen (secondary N) is 1. The highest BCUT2D eigenvalue weighted by atomic mass is 16.4. The fourth-order valence-electron chi connectivity index (χ4n) is 2.70. The molecule has 2 atom stereocenters. The van der Waals surface area contributed by atoms with Gasteiger partial charge in [0.05, 0.1) is 6.54 Å². The Labute approximate surface area is 116 Å². The summed E-state index contributed by atoms with van der Waals surface area (Å²) >= 11 is 0. The van der Waals surface area contributed by atoms with Crippen LogP contribution in [0.1, 0.15) is 40.0 Å². The Kier molecular flexibility index (Phi) is 6.52. The second-order valence-electron chi connectivity index (χ2n) is 5.74. The van der Waals surface area contributed by atoms with Crippen molar-refractivity contribution in [1.29, 1.82) is 0 Å². The van der Waals surface area contributed by atoms with E-state index in [4.69, 9.17) is 5.11 Å². The minimum atomic E-state index is -0.730. The van der Waals surface area contributed by atoms with Crippen LogP contribution in [0.25, 0.3) is 0 Å². The Morgan fingerprint density at radius 3 is 2.63 bits per heavy atom. The second-order valence-corrected chi connectivity index (χ2v) is 5.74. The van der Waals surface area contributed by atoms with Crippen LogP contribution in [0.15, 0.2) is 12.7 Å². The van der Waals surface area contributed by atoms with Gasteiger partial charge in [0, 0.05) is 18.1 Å². The first-order chi connectivity index (χ1) is 8.97. The maximum absolute atomic E-state index is 10.8. The lowest BCUT2D eigenvalue weighted by molar-refractivity contribution is -0.139. The van der Waals surface area contributed by atoms with E-state index in [-0.39, 0.29) is 6.54 Å². The summed E-state index contributed by atoms with van der Waals surface area (Å²) in [5, 5.41) is 12.5. The van der Waals surface area contributed by atoms with Crippen molar-refractivity contribution in [3.05, 3.63) is 12.7 Å². The molecular weight excluding hydrogens is 240 g/mol. The summed E-state index contributed by atoms with van der Waals surface area (Å²) in [4.78, 5) is 12.8. The zero-order valence-corrected chi connectivity index (χ0v) is 12.4. The van der Waals surface area contributed by atoms with Gasteiger partial charge in [0.15, 0.2) is 0 Å². The molecule has 19 heavy (non-hydrogen) atoms. The summed E-state index contributed by atoms with van der Waals surface area (Å²) in [5.74, 6) is -0.135. The average Bonchev–Trinajstić information content (AvgIpc) is 2.30. The summed E-state index contributed by atoms with van der Waals surface area (Å²) in [6.07, 6.45) is 5.13. The second kappa shape index (κ2) is 7.65. The molecule has 1 aliphatic carbocycles. The van der Waals surface area contributed by atoms with Crippen LogP contribution < -0.4 is 5.32 Å². The van der Waals surface area contributed by atoms with E-state index in [2.05, 4.69) is 30.6 Å². The topological polar surface area (TPSA) is 52.6 Å². The highest BCUT2D eigenvalue weighted by Gasteiger charge is 2.34. The van der Waals surface area contributed by atoms with Gasteiger partial charge in [0.1, 0.15) is 0 Å². The van der Waals surface area contributed by atoms with Gasteiger partial charge < -0.3 is 10.4 Å². The molecule has 110 valence electrons. The van der Waals surface area contributed by atoms with Gasteiger partial charge in [-0.3, -0.25) is 9.69 Å². The summed E-state index contributed by atoms with van der Waals surface area (Å²) in [6, 6.07) is 1.45. The van der Waals surface area contributed by atoms with E-state index in [1.807, 2.05) is 13.0 Å². The van der Waals surface area contributed by atoms with E-state index in [0.717, 1.165) is 25.8 Å². The average molecular weight is 268 g/mol. The Morgan fingerprint density at radius 2 is 2.16 bits per heavy atom. The normalized spacial score (nSPS) is 25.7. The Bertz CT molecular complexity index is 301. The molecule has 0 aromatic rings. The molecule has 1 aliphatic rings. The van der Waals surface area contributed by atoms with Crippen LogP contribution in [-0.4, -0.2) is 47.2 Å². The predicted molar refractivity (Wildman–Crippen MR) is 78.3 cm³/mol. The first-order valence-electron chi connectivity index (χ1n) is 7.30. The smallest absolute Gasteiger partial charge is 0.317 e. The van der Waals surface area contributed by atoms with Gasteiger partial charge in [-0.1, -0.05) is 19.9 Å². The predicted octanol–water partition coefficient (Wildman–Crippen LogP) is 2.11. The van der Waals surface area contributed by atoms with Crippen molar-refractivity contribution in [3.8, 4) is 0 Å². The third-order valence-electron chi connectivity index (χ3n) is 4.26. The monoisotopic (exact) mass is 268 g/mol. The van der Waals surface area contributed by atoms with Gasteiger partial charge in [-0.05, 0) is 38.6 Å². The molecule has 0 amide bonds. The highest BCUT2D eigenvalue weighted by Crippen LogP contribution is 2.26. The van der Waals surface area contributed by atoms with Gasteiger partial charge >= 0.3 is 5.97 Å². The summed E-state index contributed by atoms with van der Waals surface area (Å²) in [6.45, 7) is 11.2. The largest absolute Gasteiger partial charge is 0.480 e. The number of carboxylic acids is 1. The van der Waals surface area contributed by atoms with Crippen molar-refractivity contribution in [2.24, 2.45) is 5.92 Å². The molecule has 0 saturated heterocycles. The number of nitrogens with zero attached hydrogens (tertiary/aromatic N) is 1. The molecule has 4 nitrogen and oxygen atoms in total. The standard InChI is InChI=1S/C15H28N2O2/c1-5-7-11(3)12(4)16-13-8-14(9-13)17(6-2)10-15(18)19/h5,11-14,16H,1,6-10H2,2-4H3,(H,18,19). The summed E-state index contributed by atoms with van der Waals surface area (Å²) < 4.78 is 0.